The summed E-state index contributed by atoms with van der Waals surface area (Å²) >= 11 is 0. The average Bonchev–Trinajstić information content (AvgIpc) is 2.72. The second-order valence-electron chi connectivity index (χ2n) is 4.35. The van der Waals surface area contributed by atoms with Crippen molar-refractivity contribution in [2.75, 3.05) is 24.2 Å². The minimum atomic E-state index is 0.668. The number of nitrogens with two attached hydrogens (primary N) is 1. The van der Waals surface area contributed by atoms with Gasteiger partial charge in [-0.05, 0) is 18.6 Å². The normalized spacial score (nSPS) is 10.9. The number of oxazole rings is 1. The van der Waals surface area contributed by atoms with E-state index in [0.717, 1.165) is 24.1 Å². The number of hydrogen-bond acceptors (Lipinski definition) is 4. The van der Waals surface area contributed by atoms with Gasteiger partial charge in [-0.15, -0.1) is 0 Å². The van der Waals surface area contributed by atoms with Gasteiger partial charge >= 0.3 is 0 Å². The van der Waals surface area contributed by atoms with E-state index in [1.54, 1.807) is 0 Å². The minimum Gasteiger partial charge on any atom is -0.423 e. The number of anilines is 2. The first-order valence-corrected chi connectivity index (χ1v) is 6.08. The second-order valence-corrected chi connectivity index (χ2v) is 4.35. The lowest BCUT2D eigenvalue weighted by atomic mass is 10.2. The van der Waals surface area contributed by atoms with Crippen LogP contribution in [0.3, 0.4) is 0 Å². The number of aromatic nitrogens is 1. The first-order valence-electron chi connectivity index (χ1n) is 6.08. The Bertz CT molecular complexity index is 492. The van der Waals surface area contributed by atoms with E-state index in [1.807, 2.05) is 30.1 Å². The van der Waals surface area contributed by atoms with Crippen molar-refractivity contribution < 1.29 is 4.42 Å². The number of nitrogens with zero attached hydrogens (tertiary/aromatic N) is 2. The smallest absolute Gasteiger partial charge is 0.298 e. The lowest BCUT2D eigenvalue weighted by Gasteiger charge is -2.13. The highest BCUT2D eigenvalue weighted by molar-refractivity contribution is 5.78. The van der Waals surface area contributed by atoms with Crippen LogP contribution in [0.15, 0.2) is 22.6 Å². The Morgan fingerprint density at radius 3 is 2.94 bits per heavy atom. The first kappa shape index (κ1) is 11.8. The van der Waals surface area contributed by atoms with Crippen LogP contribution in [0.25, 0.3) is 11.1 Å². The van der Waals surface area contributed by atoms with E-state index in [1.165, 1.54) is 12.8 Å². The van der Waals surface area contributed by atoms with Crippen LogP contribution in [0.5, 0.6) is 0 Å². The van der Waals surface area contributed by atoms with Gasteiger partial charge in [0.05, 0.1) is 0 Å². The van der Waals surface area contributed by atoms with E-state index < -0.39 is 0 Å². The fourth-order valence-electron chi connectivity index (χ4n) is 1.79. The van der Waals surface area contributed by atoms with Crippen molar-refractivity contribution in [3.05, 3.63) is 18.2 Å². The van der Waals surface area contributed by atoms with Gasteiger partial charge in [-0.1, -0.05) is 19.8 Å². The lowest BCUT2D eigenvalue weighted by Crippen LogP contribution is -2.18. The Hall–Kier alpha value is -1.71. The van der Waals surface area contributed by atoms with E-state index >= 15 is 0 Å². The maximum atomic E-state index is 5.71. The maximum absolute atomic E-state index is 5.71. The third kappa shape index (κ3) is 2.70. The Morgan fingerprint density at radius 1 is 1.35 bits per heavy atom. The number of fused-ring (bicyclic) bond motifs is 1. The van der Waals surface area contributed by atoms with E-state index in [9.17, 15) is 0 Å². The number of benzene rings is 1. The summed E-state index contributed by atoms with van der Waals surface area (Å²) in [6.45, 7) is 3.17. The molecule has 0 atom stereocenters. The summed E-state index contributed by atoms with van der Waals surface area (Å²) in [6, 6.07) is 6.20. The van der Waals surface area contributed by atoms with Crippen LogP contribution in [0, 0.1) is 0 Å². The Balaban J connectivity index is 2.12. The molecule has 0 aliphatic rings. The summed E-state index contributed by atoms with van der Waals surface area (Å²) in [4.78, 5) is 6.48. The Morgan fingerprint density at radius 2 is 2.18 bits per heavy atom. The number of unbranched alkanes of at least 4 members (excludes halogenated alkanes) is 2. The second kappa shape index (κ2) is 5.08. The van der Waals surface area contributed by atoms with Crippen molar-refractivity contribution in [1.82, 2.24) is 4.98 Å². The predicted octanol–water partition coefficient (Wildman–Crippen LogP) is 3.04. The van der Waals surface area contributed by atoms with E-state index in [0.29, 0.717) is 11.7 Å². The van der Waals surface area contributed by atoms with Gasteiger partial charge in [-0.25, -0.2) is 0 Å². The molecule has 2 aromatic rings. The summed E-state index contributed by atoms with van der Waals surface area (Å²) in [7, 11) is 2.00. The molecule has 0 radical (unpaired) electrons. The van der Waals surface area contributed by atoms with Gasteiger partial charge in [0.2, 0.25) is 0 Å². The van der Waals surface area contributed by atoms with Gasteiger partial charge < -0.3 is 15.1 Å². The third-order valence-electron chi connectivity index (χ3n) is 2.82. The van der Waals surface area contributed by atoms with Crippen molar-refractivity contribution in [2.24, 2.45) is 0 Å². The van der Waals surface area contributed by atoms with Gasteiger partial charge in [-0.3, -0.25) is 0 Å². The van der Waals surface area contributed by atoms with Gasteiger partial charge in [-0.2, -0.15) is 4.98 Å². The molecule has 0 unspecified atom stereocenters. The molecule has 0 aliphatic carbocycles. The van der Waals surface area contributed by atoms with Crippen LogP contribution in [0.1, 0.15) is 26.2 Å². The summed E-state index contributed by atoms with van der Waals surface area (Å²) in [5.41, 5.74) is 8.02. The van der Waals surface area contributed by atoms with E-state index in [-0.39, 0.29) is 0 Å². The molecular formula is C13H19N3O. The summed E-state index contributed by atoms with van der Waals surface area (Å²) < 4.78 is 5.68. The van der Waals surface area contributed by atoms with E-state index in [2.05, 4.69) is 11.9 Å². The Labute approximate surface area is 101 Å². The molecule has 4 nitrogen and oxygen atoms in total. The highest BCUT2D eigenvalue weighted by atomic mass is 16.4. The SMILES string of the molecule is CCCCCN(C)c1nc2ccc(N)cc2o1. The molecule has 2 N–H and O–H groups in total. The fraction of sp³-hybridized carbons (Fsp3) is 0.462. The van der Waals surface area contributed by atoms with E-state index in [4.69, 9.17) is 10.2 Å². The average molecular weight is 233 g/mol. The number of rotatable bonds is 5. The van der Waals surface area contributed by atoms with Crippen molar-refractivity contribution in [3.63, 3.8) is 0 Å². The molecule has 2 rings (SSSR count). The van der Waals surface area contributed by atoms with Crippen LogP contribution in [-0.2, 0) is 0 Å². The largest absolute Gasteiger partial charge is 0.423 e. The molecule has 17 heavy (non-hydrogen) atoms. The van der Waals surface area contributed by atoms with Gasteiger partial charge in [0.1, 0.15) is 5.52 Å². The molecule has 0 bridgehead atoms. The monoisotopic (exact) mass is 233 g/mol. The molecule has 1 heterocycles. The van der Waals surface area contributed by atoms with Crippen molar-refractivity contribution in [1.29, 1.82) is 0 Å². The zero-order chi connectivity index (χ0) is 12.3. The van der Waals surface area contributed by atoms with Crippen molar-refractivity contribution in [2.45, 2.75) is 26.2 Å². The first-order chi connectivity index (χ1) is 8.20. The quantitative estimate of drug-likeness (QED) is 0.637. The molecule has 0 spiro atoms. The van der Waals surface area contributed by atoms with Gasteiger partial charge in [0.15, 0.2) is 5.58 Å². The molecule has 0 saturated carbocycles. The lowest BCUT2D eigenvalue weighted by molar-refractivity contribution is 0.572. The molecule has 4 heteroatoms. The molecular weight excluding hydrogens is 214 g/mol. The van der Waals surface area contributed by atoms with Gasteiger partial charge in [0.25, 0.3) is 6.01 Å². The zero-order valence-corrected chi connectivity index (χ0v) is 10.4. The van der Waals surface area contributed by atoms with Crippen molar-refractivity contribution >= 4 is 22.8 Å². The zero-order valence-electron chi connectivity index (χ0n) is 10.4. The standard InChI is InChI=1S/C13H19N3O/c1-3-4-5-8-16(2)13-15-11-7-6-10(14)9-12(11)17-13/h6-7,9H,3-5,8,14H2,1-2H3. The highest BCUT2D eigenvalue weighted by Gasteiger charge is 2.09. The fourth-order valence-corrected chi connectivity index (χ4v) is 1.79. The van der Waals surface area contributed by atoms with Crippen LogP contribution >= 0.6 is 0 Å². The third-order valence-corrected chi connectivity index (χ3v) is 2.82. The van der Waals surface area contributed by atoms with Crippen LogP contribution in [0.2, 0.25) is 0 Å². The number of nitrogen functional groups attached to an aromatic ring is 1. The Kier molecular flexibility index (Phi) is 3.52. The molecule has 0 aliphatic heterocycles. The molecule has 92 valence electrons. The minimum absolute atomic E-state index is 0.668. The molecule has 1 aromatic heterocycles. The van der Waals surface area contributed by atoms with Crippen molar-refractivity contribution in [3.8, 4) is 0 Å². The summed E-state index contributed by atoms with van der Waals surface area (Å²) in [5, 5.41) is 0. The topological polar surface area (TPSA) is 55.3 Å². The summed E-state index contributed by atoms with van der Waals surface area (Å²) in [6.07, 6.45) is 3.61. The van der Waals surface area contributed by atoms with Gasteiger partial charge in [0, 0.05) is 25.3 Å². The summed E-state index contributed by atoms with van der Waals surface area (Å²) in [5.74, 6) is 0. The molecule has 1 aromatic carbocycles. The highest BCUT2D eigenvalue weighted by Crippen LogP contribution is 2.23. The van der Waals surface area contributed by atoms with Crippen LogP contribution in [0.4, 0.5) is 11.7 Å². The van der Waals surface area contributed by atoms with Crippen LogP contribution < -0.4 is 10.6 Å². The predicted molar refractivity (Wildman–Crippen MR) is 71.2 cm³/mol. The molecule has 0 saturated heterocycles. The maximum Gasteiger partial charge on any atom is 0.298 e. The number of hydrogen-bond donors (Lipinski definition) is 1. The molecule has 0 fully saturated rings. The van der Waals surface area contributed by atoms with Crippen LogP contribution in [-0.4, -0.2) is 18.6 Å². The molecule has 0 amide bonds.